The topological polar surface area (TPSA) is 86.3 Å². The van der Waals surface area contributed by atoms with Gasteiger partial charge in [0.25, 0.3) is 0 Å². The first kappa shape index (κ1) is 16.5. The number of sulfone groups is 1. The van der Waals surface area contributed by atoms with Crippen LogP contribution in [0.3, 0.4) is 0 Å². The smallest absolute Gasteiger partial charge is 0.154 e. The molecule has 2 heterocycles. The van der Waals surface area contributed by atoms with Crippen molar-refractivity contribution in [3.05, 3.63) is 17.5 Å². The van der Waals surface area contributed by atoms with E-state index in [1.54, 1.807) is 0 Å². The third-order valence-electron chi connectivity index (χ3n) is 3.94. The summed E-state index contributed by atoms with van der Waals surface area (Å²) in [4.78, 5) is 2.00. The van der Waals surface area contributed by atoms with E-state index in [9.17, 15) is 13.5 Å². The molecule has 1 aromatic rings. The number of aromatic amines is 1. The number of aliphatic hydroxyl groups is 1. The summed E-state index contributed by atoms with van der Waals surface area (Å²) in [5.74, 6) is -0.105. The highest BCUT2D eigenvalue weighted by atomic mass is 32.2. The minimum Gasteiger partial charge on any atom is -0.390 e. The van der Waals surface area contributed by atoms with Crippen molar-refractivity contribution in [2.24, 2.45) is 0 Å². The summed E-state index contributed by atoms with van der Waals surface area (Å²) in [6.07, 6.45) is -0.806. The van der Waals surface area contributed by atoms with Crippen LogP contribution in [0.5, 0.6) is 0 Å². The zero-order valence-electron chi connectivity index (χ0n) is 13.1. The summed E-state index contributed by atoms with van der Waals surface area (Å²) in [7, 11) is -3.13. The molecular formula is C14H25N3O3S. The molecular weight excluding hydrogens is 290 g/mol. The van der Waals surface area contributed by atoms with Crippen LogP contribution in [-0.2, 0) is 21.8 Å². The third kappa shape index (κ3) is 3.84. The Morgan fingerprint density at radius 3 is 2.52 bits per heavy atom. The molecule has 1 aromatic heterocycles. The zero-order chi connectivity index (χ0) is 15.8. The molecule has 0 amide bonds. The Hall–Kier alpha value is -0.920. The maximum absolute atomic E-state index is 11.7. The molecule has 1 aliphatic heterocycles. The number of likely N-dealkylation sites (N-methyl/N-ethyl adjacent to an activating group) is 1. The molecule has 1 saturated heterocycles. The number of H-pyrrole nitrogens is 1. The Morgan fingerprint density at radius 2 is 2.10 bits per heavy atom. The van der Waals surface area contributed by atoms with Gasteiger partial charge >= 0.3 is 0 Å². The van der Waals surface area contributed by atoms with Gasteiger partial charge in [-0.05, 0) is 12.6 Å². The molecule has 2 N–H and O–H groups in total. The first-order valence-electron chi connectivity index (χ1n) is 7.29. The fourth-order valence-electron chi connectivity index (χ4n) is 2.67. The second-order valence-electron chi connectivity index (χ2n) is 6.80. The quantitative estimate of drug-likeness (QED) is 0.853. The largest absolute Gasteiger partial charge is 0.390 e. The number of rotatable bonds is 4. The molecule has 0 bridgehead atoms. The number of hydrogen-bond acceptors (Lipinski definition) is 5. The van der Waals surface area contributed by atoms with Gasteiger partial charge in [0, 0.05) is 17.7 Å². The number of nitrogens with zero attached hydrogens (tertiary/aromatic N) is 2. The SMILES string of the molecule is CCN(Cc1cc(C(C)(C)C)n[nH]1)[C@@H]1CS(=O)(=O)C[C@H]1O. The van der Waals surface area contributed by atoms with Gasteiger partial charge in [0.1, 0.15) is 0 Å². The van der Waals surface area contributed by atoms with E-state index in [2.05, 4.69) is 31.0 Å². The van der Waals surface area contributed by atoms with E-state index < -0.39 is 15.9 Å². The van der Waals surface area contributed by atoms with Crippen molar-refractivity contribution in [1.82, 2.24) is 15.1 Å². The van der Waals surface area contributed by atoms with Crippen LogP contribution in [0.4, 0.5) is 0 Å². The lowest BCUT2D eigenvalue weighted by molar-refractivity contribution is 0.0811. The standard InChI is InChI=1S/C14H25N3O3S/c1-5-17(11-8-21(19,20)9-12(11)18)7-10-6-13(16-15-10)14(2,3)4/h6,11-12,18H,5,7-9H2,1-4H3,(H,15,16)/t11-,12-/m1/s1. The Balaban J connectivity index is 2.11. The minimum absolute atomic E-state index is 0.0258. The second kappa shape index (κ2) is 5.70. The van der Waals surface area contributed by atoms with E-state index in [-0.39, 0.29) is 23.0 Å². The summed E-state index contributed by atoms with van der Waals surface area (Å²) >= 11 is 0. The Morgan fingerprint density at radius 1 is 1.43 bits per heavy atom. The molecule has 6 nitrogen and oxygen atoms in total. The van der Waals surface area contributed by atoms with Crippen molar-refractivity contribution in [2.75, 3.05) is 18.1 Å². The average Bonchev–Trinajstić information content (AvgIpc) is 2.90. The molecule has 0 aliphatic carbocycles. The van der Waals surface area contributed by atoms with Crippen molar-refractivity contribution in [3.8, 4) is 0 Å². The van der Waals surface area contributed by atoms with Crippen molar-refractivity contribution < 1.29 is 13.5 Å². The molecule has 2 rings (SSSR count). The molecule has 0 radical (unpaired) electrons. The molecule has 1 fully saturated rings. The average molecular weight is 315 g/mol. The van der Waals surface area contributed by atoms with Gasteiger partial charge in [-0.15, -0.1) is 0 Å². The minimum atomic E-state index is -3.13. The lowest BCUT2D eigenvalue weighted by Crippen LogP contribution is -2.42. The lowest BCUT2D eigenvalue weighted by Gasteiger charge is -2.28. The highest BCUT2D eigenvalue weighted by Gasteiger charge is 2.39. The number of aliphatic hydroxyl groups excluding tert-OH is 1. The van der Waals surface area contributed by atoms with Crippen LogP contribution in [0, 0.1) is 0 Å². The van der Waals surface area contributed by atoms with Gasteiger partial charge in [-0.1, -0.05) is 27.7 Å². The molecule has 1 aliphatic rings. The van der Waals surface area contributed by atoms with Crippen molar-refractivity contribution in [2.45, 2.75) is 51.8 Å². The maximum atomic E-state index is 11.7. The van der Waals surface area contributed by atoms with Crippen LogP contribution in [0.25, 0.3) is 0 Å². The first-order chi connectivity index (χ1) is 9.62. The zero-order valence-corrected chi connectivity index (χ0v) is 13.9. The summed E-state index contributed by atoms with van der Waals surface area (Å²) in [5, 5.41) is 17.3. The molecule has 0 aromatic carbocycles. The van der Waals surface area contributed by atoms with E-state index >= 15 is 0 Å². The highest BCUT2D eigenvalue weighted by Crippen LogP contribution is 2.23. The van der Waals surface area contributed by atoms with E-state index in [0.717, 1.165) is 11.4 Å². The molecule has 0 saturated carbocycles. The molecule has 21 heavy (non-hydrogen) atoms. The summed E-state index contributed by atoms with van der Waals surface area (Å²) in [6, 6.07) is 1.68. The second-order valence-corrected chi connectivity index (χ2v) is 8.96. The van der Waals surface area contributed by atoms with Crippen molar-refractivity contribution in [1.29, 1.82) is 0 Å². The molecule has 120 valence electrons. The monoisotopic (exact) mass is 315 g/mol. The molecule has 0 spiro atoms. The maximum Gasteiger partial charge on any atom is 0.154 e. The summed E-state index contributed by atoms with van der Waals surface area (Å²) < 4.78 is 23.3. The fourth-order valence-corrected chi connectivity index (χ4v) is 4.50. The van der Waals surface area contributed by atoms with Crippen LogP contribution in [0.2, 0.25) is 0 Å². The summed E-state index contributed by atoms with van der Waals surface area (Å²) in [5.41, 5.74) is 1.90. The van der Waals surface area contributed by atoms with Crippen molar-refractivity contribution in [3.63, 3.8) is 0 Å². The molecule has 2 atom stereocenters. The van der Waals surface area contributed by atoms with E-state index in [1.165, 1.54) is 0 Å². The van der Waals surface area contributed by atoms with Gasteiger partial charge in [0.2, 0.25) is 0 Å². The van der Waals surface area contributed by atoms with E-state index in [0.29, 0.717) is 13.1 Å². The third-order valence-corrected chi connectivity index (χ3v) is 5.64. The fraction of sp³-hybridized carbons (Fsp3) is 0.786. The van der Waals surface area contributed by atoms with Gasteiger partial charge in [-0.2, -0.15) is 5.10 Å². The van der Waals surface area contributed by atoms with Gasteiger partial charge in [0.05, 0.1) is 29.3 Å². The van der Waals surface area contributed by atoms with Crippen LogP contribution in [-0.4, -0.2) is 58.8 Å². The number of nitrogens with one attached hydrogen (secondary N) is 1. The predicted octanol–water partition coefficient (Wildman–Crippen LogP) is 0.687. The van der Waals surface area contributed by atoms with Crippen molar-refractivity contribution >= 4 is 9.84 Å². The van der Waals surface area contributed by atoms with Crippen LogP contribution >= 0.6 is 0 Å². The van der Waals surface area contributed by atoms with E-state index in [1.807, 2.05) is 17.9 Å². The Kier molecular flexibility index (Phi) is 4.46. The van der Waals surface area contributed by atoms with Crippen LogP contribution in [0.1, 0.15) is 39.1 Å². The number of hydrogen-bond donors (Lipinski definition) is 2. The van der Waals surface area contributed by atoms with Crippen LogP contribution in [0.15, 0.2) is 6.07 Å². The first-order valence-corrected chi connectivity index (χ1v) is 9.12. The predicted molar refractivity (Wildman–Crippen MR) is 81.8 cm³/mol. The lowest BCUT2D eigenvalue weighted by atomic mass is 9.92. The van der Waals surface area contributed by atoms with Gasteiger partial charge in [0.15, 0.2) is 9.84 Å². The molecule has 7 heteroatoms. The van der Waals surface area contributed by atoms with E-state index in [4.69, 9.17) is 0 Å². The normalized spacial score (nSPS) is 25.6. The van der Waals surface area contributed by atoms with Gasteiger partial charge in [-0.25, -0.2) is 8.42 Å². The van der Waals surface area contributed by atoms with Gasteiger partial charge in [-0.3, -0.25) is 10.00 Å². The highest BCUT2D eigenvalue weighted by molar-refractivity contribution is 7.91. The Bertz CT molecular complexity index is 589. The summed E-state index contributed by atoms with van der Waals surface area (Å²) in [6.45, 7) is 9.50. The Labute approximate surface area is 126 Å². The van der Waals surface area contributed by atoms with Gasteiger partial charge < -0.3 is 5.11 Å². The number of aromatic nitrogens is 2. The molecule has 0 unspecified atom stereocenters. The van der Waals surface area contributed by atoms with Crippen LogP contribution < -0.4 is 0 Å².